The fraction of sp³-hybridized carbons (Fsp3) is 0.167. The lowest BCUT2D eigenvalue weighted by Crippen LogP contribution is -2.09. The Hall–Kier alpha value is -3.02. The van der Waals surface area contributed by atoms with Crippen molar-refractivity contribution in [2.24, 2.45) is 0 Å². The standard InChI is InChI=1S/C24H21Cl2NO4/c1-2-3-15-30-24(29)16-7-9-17(10-8-16)27-22(28)14-12-18-11-13-21(31-18)19-5-4-6-20(25)23(19)26/h4-14H,2-3,15H2,1H3,(H,27,28). The van der Waals surface area contributed by atoms with E-state index in [9.17, 15) is 9.59 Å². The first-order chi connectivity index (χ1) is 15.0. The van der Waals surface area contributed by atoms with Crippen molar-refractivity contribution >= 4 is 46.8 Å². The summed E-state index contributed by atoms with van der Waals surface area (Å²) in [6.07, 6.45) is 4.70. The SMILES string of the molecule is CCCCOC(=O)c1ccc(NC(=O)C=Cc2ccc(-c3cccc(Cl)c3Cl)o2)cc1. The molecule has 0 unspecified atom stereocenters. The van der Waals surface area contributed by atoms with Crippen molar-refractivity contribution in [1.82, 2.24) is 0 Å². The Morgan fingerprint density at radius 2 is 1.84 bits per heavy atom. The van der Waals surface area contributed by atoms with Crippen LogP contribution in [-0.4, -0.2) is 18.5 Å². The zero-order valence-corrected chi connectivity index (χ0v) is 18.4. The summed E-state index contributed by atoms with van der Waals surface area (Å²) in [6, 6.07) is 15.3. The largest absolute Gasteiger partial charge is 0.462 e. The highest BCUT2D eigenvalue weighted by molar-refractivity contribution is 6.43. The molecule has 0 bridgehead atoms. The minimum absolute atomic E-state index is 0.336. The first-order valence-electron chi connectivity index (χ1n) is 9.78. The van der Waals surface area contributed by atoms with E-state index < -0.39 is 0 Å². The smallest absolute Gasteiger partial charge is 0.338 e. The summed E-state index contributed by atoms with van der Waals surface area (Å²) >= 11 is 12.3. The van der Waals surface area contributed by atoms with Crippen molar-refractivity contribution in [3.05, 3.63) is 82.0 Å². The number of hydrogen-bond acceptors (Lipinski definition) is 4. The van der Waals surface area contributed by atoms with Gasteiger partial charge in [0.1, 0.15) is 11.5 Å². The Morgan fingerprint density at radius 1 is 1.06 bits per heavy atom. The summed E-state index contributed by atoms with van der Waals surface area (Å²) in [6.45, 7) is 2.43. The van der Waals surface area contributed by atoms with E-state index in [0.717, 1.165) is 12.8 Å². The Bertz CT molecular complexity index is 1090. The van der Waals surface area contributed by atoms with Crippen molar-refractivity contribution in [3.8, 4) is 11.3 Å². The number of ether oxygens (including phenoxy) is 1. The quantitative estimate of drug-likeness (QED) is 0.227. The normalized spacial score (nSPS) is 10.9. The molecule has 0 saturated heterocycles. The Labute approximate surface area is 190 Å². The van der Waals surface area contributed by atoms with E-state index in [4.69, 9.17) is 32.4 Å². The van der Waals surface area contributed by atoms with Crippen LogP contribution in [0, 0.1) is 0 Å². The van der Waals surface area contributed by atoms with E-state index in [0.29, 0.717) is 45.0 Å². The molecular formula is C24H21Cl2NO4. The van der Waals surface area contributed by atoms with Crippen molar-refractivity contribution < 1.29 is 18.7 Å². The topological polar surface area (TPSA) is 68.5 Å². The third-order valence-corrected chi connectivity index (χ3v) is 5.18. The zero-order chi connectivity index (χ0) is 22.2. The molecule has 5 nitrogen and oxygen atoms in total. The van der Waals surface area contributed by atoms with Crippen LogP contribution in [-0.2, 0) is 9.53 Å². The van der Waals surface area contributed by atoms with Gasteiger partial charge >= 0.3 is 5.97 Å². The van der Waals surface area contributed by atoms with Gasteiger partial charge in [-0.05, 0) is 61.0 Å². The summed E-state index contributed by atoms with van der Waals surface area (Å²) in [5, 5.41) is 3.57. The van der Waals surface area contributed by atoms with Crippen LogP contribution in [0.1, 0.15) is 35.9 Å². The number of unbranched alkanes of at least 4 members (excludes halogenated alkanes) is 1. The Kier molecular flexibility index (Phi) is 7.93. The number of esters is 1. The van der Waals surface area contributed by atoms with Crippen molar-refractivity contribution in [2.75, 3.05) is 11.9 Å². The highest BCUT2D eigenvalue weighted by Crippen LogP contribution is 2.34. The van der Waals surface area contributed by atoms with Gasteiger partial charge in [-0.2, -0.15) is 0 Å². The summed E-state index contributed by atoms with van der Waals surface area (Å²) in [4.78, 5) is 24.1. The van der Waals surface area contributed by atoms with Crippen LogP contribution < -0.4 is 5.32 Å². The molecule has 0 fully saturated rings. The molecule has 0 atom stereocenters. The van der Waals surface area contributed by atoms with Gasteiger partial charge in [0.25, 0.3) is 0 Å². The number of rotatable bonds is 8. The highest BCUT2D eigenvalue weighted by Gasteiger charge is 2.11. The molecule has 160 valence electrons. The van der Waals surface area contributed by atoms with Crippen molar-refractivity contribution in [3.63, 3.8) is 0 Å². The number of carbonyl (C=O) groups is 2. The maximum absolute atomic E-state index is 12.2. The number of hydrogen-bond donors (Lipinski definition) is 1. The van der Waals surface area contributed by atoms with E-state index in [1.165, 1.54) is 6.08 Å². The van der Waals surface area contributed by atoms with Crippen LogP contribution in [0.2, 0.25) is 10.0 Å². The highest BCUT2D eigenvalue weighted by atomic mass is 35.5. The second kappa shape index (κ2) is 10.8. The third-order valence-electron chi connectivity index (χ3n) is 4.36. The molecule has 0 spiro atoms. The maximum Gasteiger partial charge on any atom is 0.338 e. The van der Waals surface area contributed by atoms with Gasteiger partial charge in [0.15, 0.2) is 0 Å². The van der Waals surface area contributed by atoms with Crippen LogP contribution in [0.4, 0.5) is 5.69 Å². The van der Waals surface area contributed by atoms with Crippen LogP contribution in [0.5, 0.6) is 0 Å². The fourth-order valence-corrected chi connectivity index (χ4v) is 3.10. The number of nitrogens with one attached hydrogen (secondary N) is 1. The molecule has 0 aliphatic carbocycles. The average Bonchev–Trinajstić information content (AvgIpc) is 3.23. The second-order valence-corrected chi connectivity index (χ2v) is 7.48. The minimum Gasteiger partial charge on any atom is -0.462 e. The van der Waals surface area contributed by atoms with E-state index >= 15 is 0 Å². The average molecular weight is 458 g/mol. The molecule has 3 rings (SSSR count). The zero-order valence-electron chi connectivity index (χ0n) is 16.9. The molecule has 3 aromatic rings. The number of benzene rings is 2. The summed E-state index contributed by atoms with van der Waals surface area (Å²) < 4.78 is 10.9. The molecule has 1 N–H and O–H groups in total. The molecule has 0 aliphatic rings. The first-order valence-corrected chi connectivity index (χ1v) is 10.5. The number of furan rings is 1. The number of carbonyl (C=O) groups excluding carboxylic acids is 2. The lowest BCUT2D eigenvalue weighted by molar-refractivity contribution is -0.111. The molecule has 0 saturated carbocycles. The van der Waals surface area contributed by atoms with E-state index in [-0.39, 0.29) is 11.9 Å². The second-order valence-electron chi connectivity index (χ2n) is 6.69. The third kappa shape index (κ3) is 6.23. The lowest BCUT2D eigenvalue weighted by Gasteiger charge is -2.05. The molecule has 1 heterocycles. The van der Waals surface area contributed by atoms with Crippen LogP contribution in [0.25, 0.3) is 17.4 Å². The molecule has 1 amide bonds. The van der Waals surface area contributed by atoms with Crippen molar-refractivity contribution in [2.45, 2.75) is 19.8 Å². The van der Waals surface area contributed by atoms with E-state index in [1.807, 2.05) is 6.92 Å². The van der Waals surface area contributed by atoms with E-state index in [1.54, 1.807) is 60.7 Å². The van der Waals surface area contributed by atoms with Crippen molar-refractivity contribution in [1.29, 1.82) is 0 Å². The molecule has 0 radical (unpaired) electrons. The van der Waals surface area contributed by atoms with Crippen LogP contribution in [0.3, 0.4) is 0 Å². The predicted octanol–water partition coefficient (Wildman–Crippen LogP) is 6.86. The summed E-state index contributed by atoms with van der Waals surface area (Å²) in [5.41, 5.74) is 1.67. The van der Waals surface area contributed by atoms with Crippen LogP contribution in [0.15, 0.2) is 65.1 Å². The van der Waals surface area contributed by atoms with Gasteiger partial charge in [0.2, 0.25) is 5.91 Å². The van der Waals surface area contributed by atoms with Gasteiger partial charge < -0.3 is 14.5 Å². The molecule has 1 aromatic heterocycles. The van der Waals surface area contributed by atoms with Gasteiger partial charge in [-0.3, -0.25) is 4.79 Å². The molecule has 31 heavy (non-hydrogen) atoms. The number of anilines is 1. The van der Waals surface area contributed by atoms with Gasteiger partial charge in [0.05, 0.1) is 22.2 Å². The first kappa shape index (κ1) is 22.7. The Morgan fingerprint density at radius 3 is 2.58 bits per heavy atom. The minimum atomic E-state index is -0.375. The summed E-state index contributed by atoms with van der Waals surface area (Å²) in [5.74, 6) is 0.331. The molecule has 2 aromatic carbocycles. The predicted molar refractivity (Wildman–Crippen MR) is 123 cm³/mol. The molecule has 7 heteroatoms. The number of halogens is 2. The lowest BCUT2D eigenvalue weighted by atomic mass is 10.2. The molecule has 0 aliphatic heterocycles. The summed E-state index contributed by atoms with van der Waals surface area (Å²) in [7, 11) is 0. The monoisotopic (exact) mass is 457 g/mol. The Balaban J connectivity index is 1.58. The molecular weight excluding hydrogens is 437 g/mol. The van der Waals surface area contributed by atoms with Gasteiger partial charge in [0, 0.05) is 17.3 Å². The maximum atomic E-state index is 12.2. The van der Waals surface area contributed by atoms with Gasteiger partial charge in [-0.15, -0.1) is 0 Å². The van der Waals surface area contributed by atoms with Gasteiger partial charge in [-0.25, -0.2) is 4.79 Å². The van der Waals surface area contributed by atoms with Gasteiger partial charge in [-0.1, -0.05) is 42.6 Å². The fourth-order valence-electron chi connectivity index (χ4n) is 2.71. The van der Waals surface area contributed by atoms with Crippen LogP contribution >= 0.6 is 23.2 Å². The number of amides is 1. The van der Waals surface area contributed by atoms with E-state index in [2.05, 4.69) is 5.32 Å².